The monoisotopic (exact) mass is 230 g/mol. The van der Waals surface area contributed by atoms with Crippen LogP contribution in [0.2, 0.25) is 5.02 Å². The summed E-state index contributed by atoms with van der Waals surface area (Å²) in [6.45, 7) is 0. The van der Waals surface area contributed by atoms with Crippen molar-refractivity contribution in [3.63, 3.8) is 0 Å². The highest BCUT2D eigenvalue weighted by molar-refractivity contribution is 6.31. The Hall–Kier alpha value is -1.22. The van der Waals surface area contributed by atoms with E-state index in [0.29, 0.717) is 10.4 Å². The maximum atomic E-state index is 12.4. The molecule has 0 aliphatic rings. The Balaban J connectivity index is 2.64. The largest absolute Gasteiger partial charge is 0.416 e. The fourth-order valence-corrected chi connectivity index (χ4v) is 1.57. The van der Waals surface area contributed by atoms with Gasteiger partial charge in [-0.1, -0.05) is 23.7 Å². The molecule has 2 aromatic carbocycles. The summed E-state index contributed by atoms with van der Waals surface area (Å²) in [5.41, 5.74) is -0.655. The predicted octanol–water partition coefficient (Wildman–Crippen LogP) is 4.51. The van der Waals surface area contributed by atoms with E-state index in [2.05, 4.69) is 0 Å². The summed E-state index contributed by atoms with van der Waals surface area (Å²) in [6, 6.07) is 8.47. The minimum Gasteiger partial charge on any atom is -0.166 e. The molecule has 0 fully saturated rings. The third-order valence-corrected chi connectivity index (χ3v) is 2.36. The molecule has 2 aromatic rings. The third kappa shape index (κ3) is 2.07. The lowest BCUT2D eigenvalue weighted by Crippen LogP contribution is -2.04. The molecule has 4 heteroatoms. The first-order valence-corrected chi connectivity index (χ1v) is 4.61. The minimum absolute atomic E-state index is 0.432. The topological polar surface area (TPSA) is 0 Å². The highest BCUT2D eigenvalue weighted by Crippen LogP contribution is 2.31. The lowest BCUT2D eigenvalue weighted by molar-refractivity contribution is -0.137. The van der Waals surface area contributed by atoms with Crippen LogP contribution in [0.5, 0.6) is 0 Å². The normalized spacial score (nSPS) is 12.0. The number of hydrogen-bond acceptors (Lipinski definition) is 0. The van der Waals surface area contributed by atoms with Gasteiger partial charge in [-0.25, -0.2) is 0 Å². The molecule has 78 valence electrons. The van der Waals surface area contributed by atoms with Gasteiger partial charge in [0.15, 0.2) is 0 Å². The summed E-state index contributed by atoms with van der Waals surface area (Å²) < 4.78 is 37.2. The first-order valence-electron chi connectivity index (χ1n) is 4.23. The summed E-state index contributed by atoms with van der Waals surface area (Å²) in [5.74, 6) is 0. The van der Waals surface area contributed by atoms with Crippen LogP contribution in [0.25, 0.3) is 10.8 Å². The zero-order valence-corrected chi connectivity index (χ0v) is 8.23. The molecule has 0 saturated heterocycles. The number of rotatable bonds is 0. The van der Waals surface area contributed by atoms with Crippen LogP contribution in [-0.2, 0) is 6.18 Å². The van der Waals surface area contributed by atoms with Gasteiger partial charge < -0.3 is 0 Å². The highest BCUT2D eigenvalue weighted by Gasteiger charge is 2.30. The van der Waals surface area contributed by atoms with E-state index in [9.17, 15) is 13.2 Å². The van der Waals surface area contributed by atoms with E-state index >= 15 is 0 Å². The summed E-state index contributed by atoms with van der Waals surface area (Å²) in [6.07, 6.45) is -4.31. The smallest absolute Gasteiger partial charge is 0.166 e. The van der Waals surface area contributed by atoms with E-state index in [-0.39, 0.29) is 0 Å². The second kappa shape index (κ2) is 3.42. The second-order valence-electron chi connectivity index (χ2n) is 3.20. The van der Waals surface area contributed by atoms with Crippen molar-refractivity contribution < 1.29 is 13.2 Å². The zero-order valence-electron chi connectivity index (χ0n) is 7.48. The molecule has 0 heterocycles. The summed E-state index contributed by atoms with van der Waals surface area (Å²) in [5, 5.41) is 1.67. The first kappa shape index (κ1) is 10.3. The molecule has 0 saturated carbocycles. The van der Waals surface area contributed by atoms with E-state index < -0.39 is 11.7 Å². The fraction of sp³-hybridized carbons (Fsp3) is 0.0909. The van der Waals surface area contributed by atoms with Crippen molar-refractivity contribution in [3.05, 3.63) is 47.0 Å². The fourth-order valence-electron chi connectivity index (χ4n) is 1.39. The van der Waals surface area contributed by atoms with Crippen molar-refractivity contribution in [2.45, 2.75) is 6.18 Å². The minimum atomic E-state index is -4.31. The number of alkyl halides is 3. The van der Waals surface area contributed by atoms with E-state index in [4.69, 9.17) is 11.6 Å². The molecular weight excluding hydrogens is 225 g/mol. The molecule has 0 amide bonds. The summed E-state index contributed by atoms with van der Waals surface area (Å²) in [7, 11) is 0. The standard InChI is InChI=1S/C11H6ClF3/c12-10-4-2-7-1-3-9(11(13,14)15)5-8(7)6-10/h1-6H. The molecule has 0 radical (unpaired) electrons. The Labute approximate surface area is 89.3 Å². The second-order valence-corrected chi connectivity index (χ2v) is 3.64. The van der Waals surface area contributed by atoms with Crippen molar-refractivity contribution in [1.82, 2.24) is 0 Å². The van der Waals surface area contributed by atoms with Gasteiger partial charge >= 0.3 is 6.18 Å². The molecule has 0 aromatic heterocycles. The van der Waals surface area contributed by atoms with Gasteiger partial charge in [-0.05, 0) is 35.0 Å². The number of hydrogen-bond donors (Lipinski definition) is 0. The molecule has 0 bridgehead atoms. The lowest BCUT2D eigenvalue weighted by atomic mass is 10.1. The van der Waals surface area contributed by atoms with Crippen LogP contribution in [0.4, 0.5) is 13.2 Å². The predicted molar refractivity (Wildman–Crippen MR) is 54.0 cm³/mol. The van der Waals surface area contributed by atoms with Crippen LogP contribution in [0.1, 0.15) is 5.56 Å². The first-order chi connectivity index (χ1) is 6.97. The van der Waals surface area contributed by atoms with Crippen LogP contribution >= 0.6 is 11.6 Å². The van der Waals surface area contributed by atoms with Gasteiger partial charge in [-0.15, -0.1) is 0 Å². The Morgan fingerprint density at radius 2 is 1.53 bits per heavy atom. The zero-order chi connectivity index (χ0) is 11.1. The lowest BCUT2D eigenvalue weighted by Gasteiger charge is -2.07. The quantitative estimate of drug-likeness (QED) is 0.625. The molecule has 2 rings (SSSR count). The molecule has 0 atom stereocenters. The average molecular weight is 231 g/mol. The van der Waals surface area contributed by atoms with Crippen molar-refractivity contribution in [2.24, 2.45) is 0 Å². The third-order valence-electron chi connectivity index (χ3n) is 2.13. The molecule has 0 spiro atoms. The van der Waals surface area contributed by atoms with Gasteiger partial charge in [0.1, 0.15) is 0 Å². The summed E-state index contributed by atoms with van der Waals surface area (Å²) in [4.78, 5) is 0. The van der Waals surface area contributed by atoms with Gasteiger partial charge in [-0.3, -0.25) is 0 Å². The molecule has 0 aliphatic heterocycles. The number of fused-ring (bicyclic) bond motifs is 1. The highest BCUT2D eigenvalue weighted by atomic mass is 35.5. The van der Waals surface area contributed by atoms with Crippen molar-refractivity contribution in [2.75, 3.05) is 0 Å². The molecule has 15 heavy (non-hydrogen) atoms. The molecule has 0 N–H and O–H groups in total. The van der Waals surface area contributed by atoms with Crippen molar-refractivity contribution >= 4 is 22.4 Å². The van der Waals surface area contributed by atoms with E-state index in [1.165, 1.54) is 12.1 Å². The van der Waals surface area contributed by atoms with Crippen LogP contribution in [0, 0.1) is 0 Å². The Kier molecular flexibility index (Phi) is 2.35. The maximum Gasteiger partial charge on any atom is 0.416 e. The Bertz CT molecular complexity index is 503. The van der Waals surface area contributed by atoms with E-state index in [1.54, 1.807) is 12.1 Å². The van der Waals surface area contributed by atoms with E-state index in [0.717, 1.165) is 17.5 Å². The number of halogens is 4. The molecule has 0 nitrogen and oxygen atoms in total. The van der Waals surface area contributed by atoms with Gasteiger partial charge in [0.05, 0.1) is 5.56 Å². The van der Waals surface area contributed by atoms with Crippen LogP contribution in [0.3, 0.4) is 0 Å². The van der Waals surface area contributed by atoms with Gasteiger partial charge in [0.25, 0.3) is 0 Å². The van der Waals surface area contributed by atoms with Gasteiger partial charge in [0, 0.05) is 5.02 Å². The van der Waals surface area contributed by atoms with Crippen molar-refractivity contribution in [3.8, 4) is 0 Å². The molecular formula is C11H6ClF3. The average Bonchev–Trinajstić information content (AvgIpc) is 2.15. The van der Waals surface area contributed by atoms with Gasteiger partial charge in [0.2, 0.25) is 0 Å². The van der Waals surface area contributed by atoms with Gasteiger partial charge in [-0.2, -0.15) is 13.2 Å². The SMILES string of the molecule is FC(F)(F)c1ccc2ccc(Cl)cc2c1. The van der Waals surface area contributed by atoms with Crippen LogP contribution < -0.4 is 0 Å². The molecule has 0 unspecified atom stereocenters. The Morgan fingerprint density at radius 3 is 2.20 bits per heavy atom. The maximum absolute atomic E-state index is 12.4. The molecule has 0 aliphatic carbocycles. The van der Waals surface area contributed by atoms with Crippen molar-refractivity contribution in [1.29, 1.82) is 0 Å². The number of benzene rings is 2. The van der Waals surface area contributed by atoms with Crippen LogP contribution in [0.15, 0.2) is 36.4 Å². The van der Waals surface area contributed by atoms with Crippen LogP contribution in [-0.4, -0.2) is 0 Å². The summed E-state index contributed by atoms with van der Waals surface area (Å²) >= 11 is 5.70. The Morgan fingerprint density at radius 1 is 0.867 bits per heavy atom. The van der Waals surface area contributed by atoms with E-state index in [1.807, 2.05) is 0 Å².